The zero-order valence-corrected chi connectivity index (χ0v) is 13.5. The molecular weight excluding hydrogens is 296 g/mol. The number of benzene rings is 1. The highest BCUT2D eigenvalue weighted by Gasteiger charge is 2.14. The van der Waals surface area contributed by atoms with Crippen LogP contribution in [0, 0.1) is 5.92 Å². The van der Waals surface area contributed by atoms with Crippen LogP contribution in [-0.2, 0) is 5.75 Å². The lowest BCUT2D eigenvalue weighted by molar-refractivity contribution is 0.204. The Bertz CT molecular complexity index is 457. The Hall–Kier alpha value is -0.910. The van der Waals surface area contributed by atoms with Crippen molar-refractivity contribution in [3.63, 3.8) is 0 Å². The molecule has 0 fully saturated rings. The molecule has 1 aromatic rings. The average molecular weight is 317 g/mol. The van der Waals surface area contributed by atoms with Gasteiger partial charge in [0.1, 0.15) is 0 Å². The first kappa shape index (κ1) is 17.1. The Kier molecular flexibility index (Phi) is 7.19. The number of aliphatic hydroxyl groups is 1. The molecule has 0 radical (unpaired) electrons. The van der Waals surface area contributed by atoms with Gasteiger partial charge in [0.15, 0.2) is 0 Å². The summed E-state index contributed by atoms with van der Waals surface area (Å²) in [5, 5.41) is 15.1. The first-order chi connectivity index (χ1) is 9.47. The van der Waals surface area contributed by atoms with Crippen molar-refractivity contribution >= 4 is 35.1 Å². The van der Waals surface area contributed by atoms with E-state index >= 15 is 0 Å². The standard InChI is InChI=1S/C14H21ClN2O2S/c1-9(7-18)10(2)16-14(19)17-13-6-11(8-20-3)4-5-12(13)15/h4-6,9-10,18H,7-8H2,1-3H3,(H2,16,17,19)/t9-,10+/m1/s1. The van der Waals surface area contributed by atoms with Gasteiger partial charge in [-0.15, -0.1) is 0 Å². The van der Waals surface area contributed by atoms with Gasteiger partial charge in [0.05, 0.1) is 10.7 Å². The number of thioether (sulfide) groups is 1. The highest BCUT2D eigenvalue weighted by molar-refractivity contribution is 7.97. The second-order valence-corrected chi connectivity index (χ2v) is 6.07. The number of amides is 2. The van der Waals surface area contributed by atoms with Crippen molar-refractivity contribution in [1.82, 2.24) is 5.32 Å². The summed E-state index contributed by atoms with van der Waals surface area (Å²) >= 11 is 7.78. The topological polar surface area (TPSA) is 61.4 Å². The van der Waals surface area contributed by atoms with Crippen LogP contribution in [-0.4, -0.2) is 30.0 Å². The van der Waals surface area contributed by atoms with Crippen LogP contribution in [0.15, 0.2) is 18.2 Å². The van der Waals surface area contributed by atoms with E-state index in [2.05, 4.69) is 10.6 Å². The van der Waals surface area contributed by atoms with Gasteiger partial charge < -0.3 is 15.7 Å². The van der Waals surface area contributed by atoms with Gasteiger partial charge in [-0.05, 0) is 36.8 Å². The molecule has 0 unspecified atom stereocenters. The predicted molar refractivity (Wildman–Crippen MR) is 86.5 cm³/mol. The third-order valence-electron chi connectivity index (χ3n) is 3.09. The van der Waals surface area contributed by atoms with Crippen molar-refractivity contribution in [1.29, 1.82) is 0 Å². The van der Waals surface area contributed by atoms with Gasteiger partial charge in [-0.3, -0.25) is 0 Å². The van der Waals surface area contributed by atoms with Crippen LogP contribution >= 0.6 is 23.4 Å². The van der Waals surface area contributed by atoms with E-state index in [1.165, 1.54) is 0 Å². The number of hydrogen-bond acceptors (Lipinski definition) is 3. The Morgan fingerprint density at radius 1 is 1.45 bits per heavy atom. The maximum Gasteiger partial charge on any atom is 0.319 e. The largest absolute Gasteiger partial charge is 0.396 e. The number of urea groups is 1. The molecule has 0 heterocycles. The van der Waals surface area contributed by atoms with Crippen molar-refractivity contribution < 1.29 is 9.90 Å². The quantitative estimate of drug-likeness (QED) is 0.754. The number of carbonyl (C=O) groups excluding carboxylic acids is 1. The van der Waals surface area contributed by atoms with Crippen molar-refractivity contribution in [2.75, 3.05) is 18.2 Å². The Morgan fingerprint density at radius 3 is 2.75 bits per heavy atom. The van der Waals surface area contributed by atoms with Crippen LogP contribution in [0.25, 0.3) is 0 Å². The molecule has 0 saturated heterocycles. The highest BCUT2D eigenvalue weighted by Crippen LogP contribution is 2.24. The minimum absolute atomic E-state index is 0.000882. The number of carbonyl (C=O) groups is 1. The molecule has 2 atom stereocenters. The van der Waals surface area contributed by atoms with Gasteiger partial charge in [0.25, 0.3) is 0 Å². The van der Waals surface area contributed by atoms with Crippen LogP contribution in [0.5, 0.6) is 0 Å². The van der Waals surface area contributed by atoms with Gasteiger partial charge in [0.2, 0.25) is 0 Å². The molecule has 4 nitrogen and oxygen atoms in total. The summed E-state index contributed by atoms with van der Waals surface area (Å²) in [4.78, 5) is 11.9. The molecule has 0 aliphatic heterocycles. The number of anilines is 1. The molecule has 0 saturated carbocycles. The van der Waals surface area contributed by atoms with E-state index in [1.807, 2.05) is 32.2 Å². The van der Waals surface area contributed by atoms with Crippen LogP contribution in [0.3, 0.4) is 0 Å². The summed E-state index contributed by atoms with van der Waals surface area (Å²) in [6.45, 7) is 3.76. The van der Waals surface area contributed by atoms with Crippen LogP contribution < -0.4 is 10.6 Å². The SMILES string of the molecule is CSCc1ccc(Cl)c(NC(=O)N[C@@H](C)[C@H](C)CO)c1. The number of hydrogen-bond donors (Lipinski definition) is 3. The first-order valence-electron chi connectivity index (χ1n) is 6.43. The summed E-state index contributed by atoms with van der Waals surface area (Å²) in [5.41, 5.74) is 1.70. The highest BCUT2D eigenvalue weighted by atomic mass is 35.5. The zero-order valence-electron chi connectivity index (χ0n) is 11.9. The van der Waals surface area contributed by atoms with Crippen molar-refractivity contribution in [2.45, 2.75) is 25.6 Å². The molecule has 6 heteroatoms. The smallest absolute Gasteiger partial charge is 0.319 e. The summed E-state index contributed by atoms with van der Waals surface area (Å²) in [5.74, 6) is 0.866. The first-order valence-corrected chi connectivity index (χ1v) is 8.20. The Balaban J connectivity index is 2.67. The second kappa shape index (κ2) is 8.39. The Labute approximate surface area is 129 Å². The molecule has 0 bridgehead atoms. The lowest BCUT2D eigenvalue weighted by Gasteiger charge is -2.20. The van der Waals surface area contributed by atoms with E-state index in [9.17, 15) is 4.79 Å². The summed E-state index contributed by atoms with van der Waals surface area (Å²) in [6, 6.07) is 5.16. The van der Waals surface area contributed by atoms with Crippen molar-refractivity contribution in [3.05, 3.63) is 28.8 Å². The zero-order chi connectivity index (χ0) is 15.1. The fourth-order valence-electron chi connectivity index (χ4n) is 1.59. The molecular formula is C14H21ClN2O2S. The fourth-order valence-corrected chi connectivity index (χ4v) is 2.27. The van der Waals surface area contributed by atoms with Gasteiger partial charge >= 0.3 is 6.03 Å². The molecule has 1 aromatic carbocycles. The van der Waals surface area contributed by atoms with E-state index in [0.29, 0.717) is 10.7 Å². The molecule has 20 heavy (non-hydrogen) atoms. The normalized spacial score (nSPS) is 13.7. The lowest BCUT2D eigenvalue weighted by atomic mass is 10.1. The van der Waals surface area contributed by atoms with Gasteiger partial charge in [-0.1, -0.05) is 24.6 Å². The average Bonchev–Trinajstić information content (AvgIpc) is 2.41. The Morgan fingerprint density at radius 2 is 2.15 bits per heavy atom. The van der Waals surface area contributed by atoms with E-state index in [0.717, 1.165) is 11.3 Å². The van der Waals surface area contributed by atoms with Gasteiger partial charge in [-0.2, -0.15) is 11.8 Å². The van der Waals surface area contributed by atoms with Crippen molar-refractivity contribution in [2.24, 2.45) is 5.92 Å². The molecule has 0 aliphatic rings. The second-order valence-electron chi connectivity index (χ2n) is 4.79. The summed E-state index contributed by atoms with van der Waals surface area (Å²) < 4.78 is 0. The molecule has 0 aromatic heterocycles. The van der Waals surface area contributed by atoms with E-state index in [1.54, 1.807) is 17.8 Å². The molecule has 2 amide bonds. The maximum absolute atomic E-state index is 11.9. The van der Waals surface area contributed by atoms with Crippen molar-refractivity contribution in [3.8, 4) is 0 Å². The minimum atomic E-state index is -0.319. The number of halogens is 1. The molecule has 0 aliphatic carbocycles. The fraction of sp³-hybridized carbons (Fsp3) is 0.500. The predicted octanol–water partition coefficient (Wildman–Crippen LogP) is 3.34. The third kappa shape index (κ3) is 5.23. The minimum Gasteiger partial charge on any atom is -0.396 e. The molecule has 3 N–H and O–H groups in total. The van der Waals surface area contributed by atoms with Crippen LogP contribution in [0.2, 0.25) is 5.02 Å². The molecule has 1 rings (SSSR count). The summed E-state index contributed by atoms with van der Waals surface area (Å²) in [7, 11) is 0. The maximum atomic E-state index is 11.9. The number of aliphatic hydroxyl groups excluding tert-OH is 1. The monoisotopic (exact) mass is 316 g/mol. The summed E-state index contributed by atoms with van der Waals surface area (Å²) in [6.07, 6.45) is 2.02. The van der Waals surface area contributed by atoms with Gasteiger partial charge in [0, 0.05) is 18.4 Å². The number of rotatable bonds is 6. The van der Waals surface area contributed by atoms with Gasteiger partial charge in [-0.25, -0.2) is 4.79 Å². The van der Waals surface area contributed by atoms with E-state index in [-0.39, 0.29) is 24.6 Å². The van der Waals surface area contributed by atoms with Crippen LogP contribution in [0.4, 0.5) is 10.5 Å². The van der Waals surface area contributed by atoms with E-state index < -0.39 is 0 Å². The molecule has 112 valence electrons. The van der Waals surface area contributed by atoms with E-state index in [4.69, 9.17) is 16.7 Å². The number of nitrogens with one attached hydrogen (secondary N) is 2. The molecule has 0 spiro atoms. The van der Waals surface area contributed by atoms with Crippen LogP contribution in [0.1, 0.15) is 19.4 Å². The third-order valence-corrected chi connectivity index (χ3v) is 4.04. The lowest BCUT2D eigenvalue weighted by Crippen LogP contribution is -2.40.